The number of nitriles is 1. The van der Waals surface area contributed by atoms with Crippen LogP contribution in [0.1, 0.15) is 18.5 Å². The van der Waals surface area contributed by atoms with E-state index in [1.807, 2.05) is 42.5 Å². The van der Waals surface area contributed by atoms with Crippen LogP contribution in [0.25, 0.3) is 0 Å². The Morgan fingerprint density at radius 2 is 2.11 bits per heavy atom. The summed E-state index contributed by atoms with van der Waals surface area (Å²) in [6.45, 7) is 2.15. The Balaban J connectivity index is 2.00. The lowest BCUT2D eigenvalue weighted by molar-refractivity contribution is 0.368. The molecule has 2 aromatic rings. The van der Waals surface area contributed by atoms with Gasteiger partial charge in [0.25, 0.3) is 0 Å². The molecule has 1 aromatic heterocycles. The van der Waals surface area contributed by atoms with Gasteiger partial charge in [0.2, 0.25) is 0 Å². The third kappa shape index (κ3) is 3.71. The third-order valence-corrected chi connectivity index (χ3v) is 2.73. The van der Waals surface area contributed by atoms with Crippen molar-refractivity contribution in [2.45, 2.75) is 13.0 Å². The number of nitrogens with zero attached hydrogens (tertiary/aromatic N) is 2. The molecule has 1 N–H and O–H groups in total. The van der Waals surface area contributed by atoms with Crippen molar-refractivity contribution in [3.8, 4) is 11.8 Å². The molecule has 0 aliphatic rings. The van der Waals surface area contributed by atoms with Gasteiger partial charge in [-0.05, 0) is 36.8 Å². The molecule has 4 heteroatoms. The minimum Gasteiger partial charge on any atom is -0.479 e. The molecular weight excluding hydrogens is 238 g/mol. The van der Waals surface area contributed by atoms with Crippen molar-refractivity contribution in [1.29, 1.82) is 5.26 Å². The van der Waals surface area contributed by atoms with Gasteiger partial charge < -0.3 is 10.1 Å². The molecule has 0 radical (unpaired) electrons. The molecule has 0 aliphatic heterocycles. The van der Waals surface area contributed by atoms with E-state index in [0.717, 1.165) is 11.3 Å². The fourth-order valence-corrected chi connectivity index (χ4v) is 1.75. The molecule has 96 valence electrons. The zero-order valence-electron chi connectivity index (χ0n) is 10.7. The zero-order chi connectivity index (χ0) is 13.5. The first-order valence-electron chi connectivity index (χ1n) is 6.06. The lowest BCUT2D eigenvalue weighted by Crippen LogP contribution is -2.06. The summed E-state index contributed by atoms with van der Waals surface area (Å²) < 4.78 is 5.22. The summed E-state index contributed by atoms with van der Waals surface area (Å²) in [5.74, 6) is 0.707. The van der Waals surface area contributed by atoms with Gasteiger partial charge in [-0.3, -0.25) is 4.98 Å². The second-order valence-electron chi connectivity index (χ2n) is 4.12. The minimum absolute atomic E-state index is 0.0723. The molecule has 1 aromatic carbocycles. The smallest absolute Gasteiger partial charge is 0.174 e. The van der Waals surface area contributed by atoms with E-state index < -0.39 is 0 Å². The van der Waals surface area contributed by atoms with E-state index in [1.54, 1.807) is 12.4 Å². The highest BCUT2D eigenvalue weighted by Crippen LogP contribution is 2.21. The maximum atomic E-state index is 8.44. The highest BCUT2D eigenvalue weighted by molar-refractivity contribution is 5.43. The number of ether oxygens (including phenoxy) is 1. The number of rotatable bonds is 5. The van der Waals surface area contributed by atoms with Crippen molar-refractivity contribution in [3.05, 3.63) is 54.4 Å². The summed E-state index contributed by atoms with van der Waals surface area (Å²) in [5, 5.41) is 11.8. The predicted octanol–water partition coefficient (Wildman–Crippen LogP) is 3.16. The molecular formula is C15H15N3O. The van der Waals surface area contributed by atoms with Crippen molar-refractivity contribution < 1.29 is 4.74 Å². The molecule has 1 atom stereocenters. The molecule has 1 unspecified atom stereocenters. The lowest BCUT2D eigenvalue weighted by Gasteiger charge is -2.15. The van der Waals surface area contributed by atoms with Crippen LogP contribution in [0.3, 0.4) is 0 Å². The molecule has 19 heavy (non-hydrogen) atoms. The monoisotopic (exact) mass is 253 g/mol. The van der Waals surface area contributed by atoms with Crippen molar-refractivity contribution in [3.63, 3.8) is 0 Å². The van der Waals surface area contributed by atoms with Crippen LogP contribution >= 0.6 is 0 Å². The third-order valence-electron chi connectivity index (χ3n) is 2.73. The van der Waals surface area contributed by atoms with Gasteiger partial charge in [0.1, 0.15) is 11.8 Å². The number of hydrogen-bond acceptors (Lipinski definition) is 4. The molecule has 0 aliphatic carbocycles. The van der Waals surface area contributed by atoms with Crippen LogP contribution < -0.4 is 10.1 Å². The van der Waals surface area contributed by atoms with Crippen molar-refractivity contribution in [2.75, 3.05) is 11.9 Å². The number of aromatic nitrogens is 1. The first-order valence-corrected chi connectivity index (χ1v) is 6.06. The van der Waals surface area contributed by atoms with Gasteiger partial charge in [-0.25, -0.2) is 0 Å². The van der Waals surface area contributed by atoms with Crippen molar-refractivity contribution >= 4 is 5.69 Å². The van der Waals surface area contributed by atoms with Crippen LogP contribution in [0.15, 0.2) is 48.8 Å². The Labute approximate surface area is 112 Å². The topological polar surface area (TPSA) is 57.9 Å². The summed E-state index contributed by atoms with van der Waals surface area (Å²) in [6, 6.07) is 13.7. The van der Waals surface area contributed by atoms with E-state index in [2.05, 4.69) is 17.2 Å². The van der Waals surface area contributed by atoms with Crippen LogP contribution in [0, 0.1) is 11.3 Å². The number of hydrogen-bond donors (Lipinski definition) is 1. The van der Waals surface area contributed by atoms with Crippen LogP contribution in [-0.2, 0) is 0 Å². The summed E-state index contributed by atoms with van der Waals surface area (Å²) in [6.07, 6.45) is 3.54. The average molecular weight is 253 g/mol. The van der Waals surface area contributed by atoms with E-state index in [9.17, 15) is 0 Å². The normalized spacial score (nSPS) is 11.4. The van der Waals surface area contributed by atoms with Crippen LogP contribution in [-0.4, -0.2) is 11.6 Å². The summed E-state index contributed by atoms with van der Waals surface area (Å²) in [5.41, 5.74) is 2.13. The van der Waals surface area contributed by atoms with Gasteiger partial charge in [0.05, 0.1) is 5.69 Å². The Bertz CT molecular complexity index is 546. The first-order chi connectivity index (χ1) is 9.29. The van der Waals surface area contributed by atoms with Crippen LogP contribution in [0.2, 0.25) is 0 Å². The average Bonchev–Trinajstić information content (AvgIpc) is 2.46. The highest BCUT2D eigenvalue weighted by Gasteiger charge is 2.05. The zero-order valence-corrected chi connectivity index (χ0v) is 10.7. The Morgan fingerprint density at radius 3 is 2.74 bits per heavy atom. The molecule has 0 saturated carbocycles. The SMILES string of the molecule is CC(Nc1cccnc1)c1ccc(OCC#N)cc1. The molecule has 0 bridgehead atoms. The first kappa shape index (κ1) is 12.9. The molecule has 0 amide bonds. The van der Waals surface area contributed by atoms with Gasteiger partial charge in [0.15, 0.2) is 6.61 Å². The lowest BCUT2D eigenvalue weighted by atomic mass is 10.1. The molecule has 4 nitrogen and oxygen atoms in total. The van der Waals surface area contributed by atoms with E-state index in [-0.39, 0.29) is 12.6 Å². The van der Waals surface area contributed by atoms with E-state index in [1.165, 1.54) is 0 Å². The number of anilines is 1. The number of nitrogens with one attached hydrogen (secondary N) is 1. The summed E-state index contributed by atoms with van der Waals surface area (Å²) in [7, 11) is 0. The van der Waals surface area contributed by atoms with Crippen molar-refractivity contribution in [2.24, 2.45) is 0 Å². The number of benzene rings is 1. The largest absolute Gasteiger partial charge is 0.479 e. The molecule has 0 spiro atoms. The van der Waals surface area contributed by atoms with Crippen molar-refractivity contribution in [1.82, 2.24) is 4.98 Å². The highest BCUT2D eigenvalue weighted by atomic mass is 16.5. The van der Waals surface area contributed by atoms with Gasteiger partial charge in [-0.1, -0.05) is 12.1 Å². The van der Waals surface area contributed by atoms with E-state index in [0.29, 0.717) is 5.75 Å². The standard InChI is InChI=1S/C15H15N3O/c1-12(18-14-3-2-9-17-11-14)13-4-6-15(7-5-13)19-10-8-16/h2-7,9,11-12,18H,10H2,1H3. The Morgan fingerprint density at radius 1 is 1.32 bits per heavy atom. The second kappa shape index (κ2) is 6.41. The minimum atomic E-state index is 0.0723. The van der Waals surface area contributed by atoms with E-state index in [4.69, 9.17) is 10.00 Å². The summed E-state index contributed by atoms with van der Waals surface area (Å²) >= 11 is 0. The Kier molecular flexibility index (Phi) is 4.35. The van der Waals surface area contributed by atoms with Crippen LogP contribution in [0.5, 0.6) is 5.75 Å². The van der Waals surface area contributed by atoms with Gasteiger partial charge in [0, 0.05) is 18.4 Å². The fourth-order valence-electron chi connectivity index (χ4n) is 1.75. The Hall–Kier alpha value is -2.54. The fraction of sp³-hybridized carbons (Fsp3) is 0.200. The van der Waals surface area contributed by atoms with Gasteiger partial charge in [-0.15, -0.1) is 0 Å². The van der Waals surface area contributed by atoms with E-state index >= 15 is 0 Å². The molecule has 0 fully saturated rings. The molecule has 1 heterocycles. The number of pyridine rings is 1. The quantitative estimate of drug-likeness (QED) is 0.889. The second-order valence-corrected chi connectivity index (χ2v) is 4.12. The predicted molar refractivity (Wildman–Crippen MR) is 73.8 cm³/mol. The van der Waals surface area contributed by atoms with Gasteiger partial charge >= 0.3 is 0 Å². The summed E-state index contributed by atoms with van der Waals surface area (Å²) in [4.78, 5) is 4.07. The maximum absolute atomic E-state index is 8.44. The maximum Gasteiger partial charge on any atom is 0.174 e. The molecule has 2 rings (SSSR count). The van der Waals surface area contributed by atoms with Gasteiger partial charge in [-0.2, -0.15) is 5.26 Å². The van der Waals surface area contributed by atoms with Crippen LogP contribution in [0.4, 0.5) is 5.69 Å². The molecule has 0 saturated heterocycles.